The first-order valence-corrected chi connectivity index (χ1v) is 6.66. The molecule has 1 aliphatic carbocycles. The van der Waals surface area contributed by atoms with Crippen molar-refractivity contribution in [2.24, 2.45) is 0 Å². The molecule has 5 heteroatoms. The lowest BCUT2D eigenvalue weighted by Gasteiger charge is -2.27. The predicted octanol–water partition coefficient (Wildman–Crippen LogP) is 3.74. The van der Waals surface area contributed by atoms with E-state index in [0.29, 0.717) is 24.1 Å². The van der Waals surface area contributed by atoms with Gasteiger partial charge in [0.1, 0.15) is 0 Å². The molecule has 0 atom stereocenters. The quantitative estimate of drug-likeness (QED) is 0.767. The maximum Gasteiger partial charge on any atom is 0.248 e. The Morgan fingerprint density at radius 2 is 1.95 bits per heavy atom. The third-order valence-corrected chi connectivity index (χ3v) is 3.69. The smallest absolute Gasteiger partial charge is 0.248 e. The van der Waals surface area contributed by atoms with Gasteiger partial charge in [0.25, 0.3) is 0 Å². The van der Waals surface area contributed by atoms with Crippen LogP contribution < -0.4 is 0 Å². The van der Waals surface area contributed by atoms with Gasteiger partial charge in [-0.05, 0) is 33.6 Å². The number of aldehydes is 1. The molecule has 0 amide bonds. The fourth-order valence-electron chi connectivity index (χ4n) is 2.47. The SMILES string of the molecule is CC(C)(C)n1cc(C=O)c(C2CCC(F)(F)CC2)n1. The van der Waals surface area contributed by atoms with Crippen molar-refractivity contribution in [1.29, 1.82) is 0 Å². The Labute approximate surface area is 112 Å². The van der Waals surface area contributed by atoms with E-state index < -0.39 is 5.92 Å². The number of carbonyl (C=O) groups excluding carboxylic acids is 1. The van der Waals surface area contributed by atoms with Crippen LogP contribution in [0.5, 0.6) is 0 Å². The van der Waals surface area contributed by atoms with Gasteiger partial charge >= 0.3 is 0 Å². The van der Waals surface area contributed by atoms with E-state index in [2.05, 4.69) is 5.10 Å². The van der Waals surface area contributed by atoms with Gasteiger partial charge in [0, 0.05) is 25.0 Å². The molecule has 1 fully saturated rings. The van der Waals surface area contributed by atoms with Crippen LogP contribution in [0.4, 0.5) is 8.78 Å². The van der Waals surface area contributed by atoms with E-state index in [4.69, 9.17) is 0 Å². The molecule has 0 radical (unpaired) electrons. The summed E-state index contributed by atoms with van der Waals surface area (Å²) >= 11 is 0. The fraction of sp³-hybridized carbons (Fsp3) is 0.714. The Kier molecular flexibility index (Phi) is 3.49. The molecule has 3 nitrogen and oxygen atoms in total. The van der Waals surface area contributed by atoms with Crippen LogP contribution >= 0.6 is 0 Å². The van der Waals surface area contributed by atoms with Crippen LogP contribution in [0.2, 0.25) is 0 Å². The van der Waals surface area contributed by atoms with Gasteiger partial charge in [0.05, 0.1) is 16.8 Å². The van der Waals surface area contributed by atoms with Crippen LogP contribution in [0.15, 0.2) is 6.20 Å². The number of rotatable bonds is 2. The third-order valence-electron chi connectivity index (χ3n) is 3.69. The minimum absolute atomic E-state index is 0.0246. The van der Waals surface area contributed by atoms with Crippen LogP contribution in [0.1, 0.15) is 68.4 Å². The highest BCUT2D eigenvalue weighted by Gasteiger charge is 2.37. The Morgan fingerprint density at radius 1 is 1.37 bits per heavy atom. The van der Waals surface area contributed by atoms with Crippen LogP contribution in [0.25, 0.3) is 0 Å². The highest BCUT2D eigenvalue weighted by atomic mass is 19.3. The summed E-state index contributed by atoms with van der Waals surface area (Å²) in [4.78, 5) is 11.1. The van der Waals surface area contributed by atoms with E-state index in [1.54, 1.807) is 10.9 Å². The van der Waals surface area contributed by atoms with Crippen molar-refractivity contribution in [3.8, 4) is 0 Å². The second kappa shape index (κ2) is 4.69. The molecule has 0 spiro atoms. The monoisotopic (exact) mass is 270 g/mol. The summed E-state index contributed by atoms with van der Waals surface area (Å²) in [6.07, 6.45) is 3.06. The van der Waals surface area contributed by atoms with Crippen molar-refractivity contribution < 1.29 is 13.6 Å². The van der Waals surface area contributed by atoms with Crippen molar-refractivity contribution >= 4 is 6.29 Å². The number of alkyl halides is 2. The van der Waals surface area contributed by atoms with Gasteiger partial charge < -0.3 is 0 Å². The number of hydrogen-bond acceptors (Lipinski definition) is 2. The average Bonchev–Trinajstić information content (AvgIpc) is 2.72. The highest BCUT2D eigenvalue weighted by molar-refractivity contribution is 5.76. The molecule has 1 aromatic heterocycles. The van der Waals surface area contributed by atoms with Crippen LogP contribution in [0, 0.1) is 0 Å². The summed E-state index contributed by atoms with van der Waals surface area (Å²) in [5.74, 6) is -2.58. The molecule has 0 aromatic carbocycles. The van der Waals surface area contributed by atoms with Gasteiger partial charge in [-0.15, -0.1) is 0 Å². The molecule has 1 heterocycles. The first-order chi connectivity index (χ1) is 8.73. The van der Waals surface area contributed by atoms with E-state index in [-0.39, 0.29) is 24.3 Å². The van der Waals surface area contributed by atoms with Gasteiger partial charge in [0.2, 0.25) is 5.92 Å². The predicted molar refractivity (Wildman–Crippen MR) is 68.8 cm³/mol. The van der Waals surface area contributed by atoms with Crippen LogP contribution in [0.3, 0.4) is 0 Å². The second-order valence-corrected chi connectivity index (χ2v) is 6.33. The molecule has 0 unspecified atom stereocenters. The number of hydrogen-bond donors (Lipinski definition) is 0. The summed E-state index contributed by atoms with van der Waals surface area (Å²) in [7, 11) is 0. The average molecular weight is 270 g/mol. The molecule has 2 rings (SSSR count). The number of halogens is 2. The molecule has 0 saturated heterocycles. The maximum atomic E-state index is 13.2. The van der Waals surface area contributed by atoms with Gasteiger partial charge in [-0.1, -0.05) is 0 Å². The van der Waals surface area contributed by atoms with Gasteiger partial charge in [-0.2, -0.15) is 5.10 Å². The standard InChI is InChI=1S/C14H20F2N2O/c1-13(2,3)18-8-11(9-19)12(17-18)10-4-6-14(15,16)7-5-10/h8-10H,4-7H2,1-3H3. The Morgan fingerprint density at radius 3 is 2.42 bits per heavy atom. The first kappa shape index (κ1) is 14.2. The lowest BCUT2D eigenvalue weighted by atomic mass is 9.84. The van der Waals surface area contributed by atoms with E-state index >= 15 is 0 Å². The number of nitrogens with zero attached hydrogens (tertiary/aromatic N) is 2. The Bertz CT molecular complexity index is 464. The van der Waals surface area contributed by atoms with Crippen molar-refractivity contribution in [2.75, 3.05) is 0 Å². The van der Waals surface area contributed by atoms with Crippen LogP contribution in [-0.2, 0) is 5.54 Å². The third kappa shape index (κ3) is 3.01. The van der Waals surface area contributed by atoms with Gasteiger partial charge in [0.15, 0.2) is 6.29 Å². The molecule has 106 valence electrons. The molecule has 0 bridgehead atoms. The molecule has 1 saturated carbocycles. The zero-order valence-electron chi connectivity index (χ0n) is 11.6. The summed E-state index contributed by atoms with van der Waals surface area (Å²) < 4.78 is 28.1. The summed E-state index contributed by atoms with van der Waals surface area (Å²) in [6, 6.07) is 0. The van der Waals surface area contributed by atoms with E-state index in [0.717, 1.165) is 6.29 Å². The molecular formula is C14H20F2N2O. The maximum absolute atomic E-state index is 13.2. The summed E-state index contributed by atoms with van der Waals surface area (Å²) in [5, 5.41) is 4.46. The van der Waals surface area contributed by atoms with E-state index in [1.165, 1.54) is 0 Å². The zero-order valence-corrected chi connectivity index (χ0v) is 11.6. The number of carbonyl (C=O) groups is 1. The molecular weight excluding hydrogens is 250 g/mol. The van der Waals surface area contributed by atoms with Crippen molar-refractivity contribution in [3.63, 3.8) is 0 Å². The largest absolute Gasteiger partial charge is 0.298 e. The molecule has 1 aliphatic rings. The van der Waals surface area contributed by atoms with Crippen molar-refractivity contribution in [1.82, 2.24) is 9.78 Å². The highest BCUT2D eigenvalue weighted by Crippen LogP contribution is 2.41. The van der Waals surface area contributed by atoms with Gasteiger partial charge in [-0.25, -0.2) is 8.78 Å². The molecule has 0 aliphatic heterocycles. The summed E-state index contributed by atoms with van der Waals surface area (Å²) in [6.45, 7) is 5.98. The Balaban J connectivity index is 2.25. The Hall–Kier alpha value is -1.26. The zero-order chi connectivity index (χ0) is 14.3. The van der Waals surface area contributed by atoms with E-state index in [1.807, 2.05) is 20.8 Å². The lowest BCUT2D eigenvalue weighted by Crippen LogP contribution is -2.25. The summed E-state index contributed by atoms with van der Waals surface area (Å²) in [5.41, 5.74) is 1.000. The van der Waals surface area contributed by atoms with Crippen LogP contribution in [-0.4, -0.2) is 22.0 Å². The fourth-order valence-corrected chi connectivity index (χ4v) is 2.47. The second-order valence-electron chi connectivity index (χ2n) is 6.33. The first-order valence-electron chi connectivity index (χ1n) is 6.66. The van der Waals surface area contributed by atoms with Gasteiger partial charge in [-0.3, -0.25) is 9.48 Å². The minimum atomic E-state index is -2.55. The topological polar surface area (TPSA) is 34.9 Å². The molecule has 1 aromatic rings. The lowest BCUT2D eigenvalue weighted by molar-refractivity contribution is -0.0385. The van der Waals surface area contributed by atoms with Crippen molar-refractivity contribution in [3.05, 3.63) is 17.5 Å². The number of aromatic nitrogens is 2. The van der Waals surface area contributed by atoms with E-state index in [9.17, 15) is 13.6 Å². The minimum Gasteiger partial charge on any atom is -0.298 e. The normalized spacial score (nSPS) is 20.5. The molecule has 0 N–H and O–H groups in total. The van der Waals surface area contributed by atoms with Crippen molar-refractivity contribution in [2.45, 2.75) is 63.8 Å². The molecule has 19 heavy (non-hydrogen) atoms.